The molecule has 0 saturated carbocycles. The summed E-state index contributed by atoms with van der Waals surface area (Å²) < 4.78 is 1.84. The monoisotopic (exact) mass is 433 g/mol. The van der Waals surface area contributed by atoms with E-state index in [2.05, 4.69) is 20.8 Å². The van der Waals surface area contributed by atoms with Crippen molar-refractivity contribution in [2.75, 3.05) is 18.8 Å². The van der Waals surface area contributed by atoms with Gasteiger partial charge in [-0.25, -0.2) is 4.98 Å². The van der Waals surface area contributed by atoms with Gasteiger partial charge in [-0.3, -0.25) is 14.2 Å². The van der Waals surface area contributed by atoms with Crippen LogP contribution in [0, 0.1) is 11.8 Å². The molecular formula is C22H31N3O2S2. The average Bonchev–Trinajstić information content (AvgIpc) is 3.32. The lowest BCUT2D eigenvalue weighted by atomic mass is 9.89. The molecule has 2 aromatic rings. The van der Waals surface area contributed by atoms with Crippen molar-refractivity contribution in [3.05, 3.63) is 20.8 Å². The molecule has 1 aliphatic carbocycles. The van der Waals surface area contributed by atoms with Crippen LogP contribution in [0.2, 0.25) is 0 Å². The lowest BCUT2D eigenvalue weighted by Crippen LogP contribution is -2.30. The molecule has 5 nitrogen and oxygen atoms in total. The summed E-state index contributed by atoms with van der Waals surface area (Å²) >= 11 is 3.13. The van der Waals surface area contributed by atoms with Crippen LogP contribution in [0.15, 0.2) is 9.95 Å². The molecule has 0 radical (unpaired) electrons. The van der Waals surface area contributed by atoms with E-state index in [9.17, 15) is 9.59 Å². The van der Waals surface area contributed by atoms with Gasteiger partial charge in [-0.1, -0.05) is 32.5 Å². The fraction of sp³-hybridized carbons (Fsp3) is 0.682. The third-order valence-corrected chi connectivity index (χ3v) is 8.20. The summed E-state index contributed by atoms with van der Waals surface area (Å²) in [6.45, 7) is 9.03. The van der Waals surface area contributed by atoms with E-state index in [0.29, 0.717) is 29.3 Å². The van der Waals surface area contributed by atoms with E-state index in [1.807, 2.05) is 9.47 Å². The molecule has 0 spiro atoms. The van der Waals surface area contributed by atoms with Crippen molar-refractivity contribution in [1.82, 2.24) is 14.5 Å². The van der Waals surface area contributed by atoms with Gasteiger partial charge in [-0.15, -0.1) is 11.3 Å². The molecule has 1 unspecified atom stereocenters. The minimum Gasteiger partial charge on any atom is -0.342 e. The molecule has 1 saturated heterocycles. The third kappa shape index (κ3) is 4.41. The molecule has 4 rings (SSSR count). The van der Waals surface area contributed by atoms with Gasteiger partial charge in [0.2, 0.25) is 5.91 Å². The molecule has 0 aromatic carbocycles. The number of fused-ring (bicyclic) bond motifs is 3. The van der Waals surface area contributed by atoms with Gasteiger partial charge in [-0.05, 0) is 55.9 Å². The van der Waals surface area contributed by atoms with Crippen molar-refractivity contribution in [3.8, 4) is 0 Å². The Morgan fingerprint density at radius 1 is 1.31 bits per heavy atom. The second-order valence-electron chi connectivity index (χ2n) is 8.94. The fourth-order valence-electron chi connectivity index (χ4n) is 4.28. The molecule has 1 aliphatic heterocycles. The van der Waals surface area contributed by atoms with Crippen LogP contribution in [0.1, 0.15) is 56.9 Å². The third-order valence-electron chi connectivity index (χ3n) is 6.09. The predicted octanol–water partition coefficient (Wildman–Crippen LogP) is 4.34. The maximum Gasteiger partial charge on any atom is 0.263 e. The summed E-state index contributed by atoms with van der Waals surface area (Å²) in [5, 5.41) is 1.55. The smallest absolute Gasteiger partial charge is 0.263 e. The first-order valence-corrected chi connectivity index (χ1v) is 12.7. The van der Waals surface area contributed by atoms with E-state index in [0.717, 1.165) is 61.8 Å². The topological polar surface area (TPSA) is 55.2 Å². The summed E-state index contributed by atoms with van der Waals surface area (Å²) in [6.07, 6.45) is 6.31. The highest BCUT2D eigenvalue weighted by Gasteiger charge is 2.25. The zero-order valence-electron chi connectivity index (χ0n) is 17.7. The number of hydrogen-bond acceptors (Lipinski definition) is 5. The lowest BCUT2D eigenvalue weighted by molar-refractivity contribution is -0.127. The van der Waals surface area contributed by atoms with Gasteiger partial charge in [0.15, 0.2) is 5.16 Å². The minimum atomic E-state index is 0.0961. The Morgan fingerprint density at radius 2 is 2.07 bits per heavy atom. The van der Waals surface area contributed by atoms with Crippen molar-refractivity contribution in [2.45, 2.75) is 71.0 Å². The van der Waals surface area contributed by atoms with Gasteiger partial charge in [0.25, 0.3) is 5.56 Å². The molecule has 2 aromatic heterocycles. The van der Waals surface area contributed by atoms with Gasteiger partial charge in [0.05, 0.1) is 11.1 Å². The highest BCUT2D eigenvalue weighted by molar-refractivity contribution is 7.99. The standard InChI is InChI=1S/C22H31N3O2S2/c1-14(2)8-11-25-21(27)19-16-7-6-15(3)12-17(16)29-20(19)23-22(25)28-13-18(26)24-9-4-5-10-24/h14-15H,4-13H2,1-3H3. The van der Waals surface area contributed by atoms with E-state index in [-0.39, 0.29) is 11.5 Å². The maximum absolute atomic E-state index is 13.5. The first-order valence-electron chi connectivity index (χ1n) is 10.9. The number of thiophene rings is 1. The van der Waals surface area contributed by atoms with Gasteiger partial charge in [-0.2, -0.15) is 0 Å². The number of likely N-dealkylation sites (tertiary alicyclic amines) is 1. The maximum atomic E-state index is 13.5. The Labute approximate surface area is 180 Å². The average molecular weight is 434 g/mol. The van der Waals surface area contributed by atoms with Crippen molar-refractivity contribution >= 4 is 39.2 Å². The molecule has 158 valence electrons. The normalized spacial score (nSPS) is 19.3. The van der Waals surface area contributed by atoms with Crippen LogP contribution in [0.4, 0.5) is 0 Å². The van der Waals surface area contributed by atoms with Gasteiger partial charge >= 0.3 is 0 Å². The van der Waals surface area contributed by atoms with Crippen LogP contribution in [0.25, 0.3) is 10.2 Å². The van der Waals surface area contributed by atoms with Gasteiger partial charge in [0.1, 0.15) is 4.83 Å². The zero-order chi connectivity index (χ0) is 20.5. The number of amides is 1. The molecule has 0 bridgehead atoms. The van der Waals surface area contributed by atoms with E-state index in [1.54, 1.807) is 11.3 Å². The number of carbonyl (C=O) groups is 1. The van der Waals surface area contributed by atoms with Crippen molar-refractivity contribution < 1.29 is 4.79 Å². The molecule has 7 heteroatoms. The highest BCUT2D eigenvalue weighted by atomic mass is 32.2. The second kappa shape index (κ2) is 8.80. The van der Waals surface area contributed by atoms with E-state index in [4.69, 9.17) is 4.98 Å². The van der Waals surface area contributed by atoms with Crippen LogP contribution in [0.3, 0.4) is 0 Å². The number of hydrogen-bond donors (Lipinski definition) is 0. The summed E-state index contributed by atoms with van der Waals surface area (Å²) in [6, 6.07) is 0. The Bertz CT molecular complexity index is 957. The summed E-state index contributed by atoms with van der Waals surface area (Å²) in [7, 11) is 0. The quantitative estimate of drug-likeness (QED) is 0.502. The largest absolute Gasteiger partial charge is 0.342 e. The molecule has 2 aliphatic rings. The number of rotatable bonds is 6. The first kappa shape index (κ1) is 20.9. The van der Waals surface area contributed by atoms with Crippen molar-refractivity contribution in [3.63, 3.8) is 0 Å². The molecule has 1 atom stereocenters. The Morgan fingerprint density at radius 3 is 2.79 bits per heavy atom. The fourth-order valence-corrected chi connectivity index (χ4v) is 6.64. The van der Waals surface area contributed by atoms with Crippen molar-refractivity contribution in [1.29, 1.82) is 0 Å². The minimum absolute atomic E-state index is 0.0961. The number of aryl methyl sites for hydroxylation is 1. The molecule has 1 amide bonds. The van der Waals surface area contributed by atoms with Crippen molar-refractivity contribution in [2.24, 2.45) is 11.8 Å². The number of nitrogens with zero attached hydrogens (tertiary/aromatic N) is 3. The summed E-state index contributed by atoms with van der Waals surface area (Å²) in [5.41, 5.74) is 1.34. The number of carbonyl (C=O) groups excluding carboxylic acids is 1. The van der Waals surface area contributed by atoms with E-state index in [1.165, 1.54) is 22.2 Å². The second-order valence-corrected chi connectivity index (χ2v) is 11.0. The Hall–Kier alpha value is -1.34. The molecule has 1 fully saturated rings. The summed E-state index contributed by atoms with van der Waals surface area (Å²) in [4.78, 5) is 35.1. The Kier molecular flexibility index (Phi) is 6.35. The van der Waals surface area contributed by atoms with E-state index < -0.39 is 0 Å². The SMILES string of the molecule is CC(C)CCn1c(SCC(=O)N2CCCC2)nc2sc3c(c2c1=O)CCC(C)C3. The molecule has 3 heterocycles. The van der Waals surface area contributed by atoms with Crippen LogP contribution in [-0.4, -0.2) is 39.2 Å². The predicted molar refractivity (Wildman–Crippen MR) is 121 cm³/mol. The molecular weight excluding hydrogens is 402 g/mol. The number of aromatic nitrogens is 2. The van der Waals surface area contributed by atoms with Crippen LogP contribution < -0.4 is 5.56 Å². The number of thioether (sulfide) groups is 1. The Balaban J connectivity index is 1.68. The summed E-state index contributed by atoms with van der Waals surface area (Å²) in [5.74, 6) is 1.71. The lowest BCUT2D eigenvalue weighted by Gasteiger charge is -2.18. The van der Waals surface area contributed by atoms with E-state index >= 15 is 0 Å². The molecule has 0 N–H and O–H groups in total. The zero-order valence-corrected chi connectivity index (χ0v) is 19.3. The molecule has 29 heavy (non-hydrogen) atoms. The van der Waals surface area contributed by atoms with Crippen LogP contribution in [0.5, 0.6) is 0 Å². The van der Waals surface area contributed by atoms with Crippen LogP contribution in [-0.2, 0) is 24.2 Å². The van der Waals surface area contributed by atoms with Gasteiger partial charge < -0.3 is 4.90 Å². The van der Waals surface area contributed by atoms with Crippen LogP contribution >= 0.6 is 23.1 Å². The van der Waals surface area contributed by atoms with Gasteiger partial charge in [0, 0.05) is 24.5 Å². The first-order chi connectivity index (χ1) is 13.9. The highest BCUT2D eigenvalue weighted by Crippen LogP contribution is 2.36.